The van der Waals surface area contributed by atoms with Crippen LogP contribution in [0.25, 0.3) is 0 Å². The quantitative estimate of drug-likeness (QED) is 0.218. The fourth-order valence-corrected chi connectivity index (χ4v) is 10.2. The number of aryl methyl sites for hydroxylation is 2. The van der Waals surface area contributed by atoms with Gasteiger partial charge in [-0.3, -0.25) is 14.3 Å². The molecule has 1 fully saturated rings. The predicted octanol–water partition coefficient (Wildman–Crippen LogP) is 9.52. The summed E-state index contributed by atoms with van der Waals surface area (Å²) in [5, 5.41) is -0.211. The van der Waals surface area contributed by atoms with Gasteiger partial charge in [0.15, 0.2) is 31.2 Å². The van der Waals surface area contributed by atoms with Crippen molar-refractivity contribution in [3.8, 4) is 0 Å². The highest BCUT2D eigenvalue weighted by Crippen LogP contribution is 2.47. The Kier molecular flexibility index (Phi) is 11.5. The number of rotatable bonds is 9. The van der Waals surface area contributed by atoms with E-state index in [9.17, 15) is 9.59 Å². The standard InChI is InChI=1S/C42H66N2O6Si3/c1-40(2,3)51(10,11)47-27-33-35(49-52(12,13)41(4,5)6)36(50-53(14,15)42(7,8)9)38(48-33)44-26-32(37(45)43-39(44)46)34-30-22-18-16-20-28(30)24-25-29-21-17-19-23-31(29)34/h16-23,26,33-36,38H,24-25,27H2,1-15H3,(H,43,45,46)/t33-,35-,36-,38-/m1/s1. The van der Waals surface area contributed by atoms with E-state index in [1.807, 2.05) is 12.1 Å². The van der Waals surface area contributed by atoms with Crippen molar-refractivity contribution in [3.63, 3.8) is 0 Å². The van der Waals surface area contributed by atoms with Crippen molar-refractivity contribution in [1.82, 2.24) is 9.55 Å². The first-order chi connectivity index (χ1) is 24.3. The minimum atomic E-state index is -2.47. The summed E-state index contributed by atoms with van der Waals surface area (Å²) in [5.74, 6) is -0.362. The van der Waals surface area contributed by atoms with Gasteiger partial charge in [0.25, 0.3) is 5.56 Å². The molecule has 1 N–H and O–H groups in total. The number of nitrogens with one attached hydrogen (secondary N) is 1. The SMILES string of the molecule is CC(C)(C)[Si](C)(C)OC[C@H]1O[C@@H](n2cc(C3c4ccccc4CCc4ccccc43)c(=O)[nH]c2=O)[C@H](O[Si](C)(C)C(C)(C)C)[C@@H]1O[Si](C)(C)C(C)(C)C. The van der Waals surface area contributed by atoms with E-state index in [1.54, 1.807) is 10.8 Å². The Balaban J connectivity index is 1.71. The molecule has 8 nitrogen and oxygen atoms in total. The molecule has 1 aliphatic carbocycles. The third-order valence-corrected chi connectivity index (χ3v) is 26.6. The summed E-state index contributed by atoms with van der Waals surface area (Å²) in [6, 6.07) is 16.7. The molecule has 2 aliphatic rings. The fraction of sp³-hybridized carbons (Fsp3) is 0.619. The molecular weight excluding hydrogens is 713 g/mol. The van der Waals surface area contributed by atoms with Gasteiger partial charge < -0.3 is 18.0 Å². The number of H-pyrrole nitrogens is 1. The fourth-order valence-electron chi connectivity index (χ4n) is 6.63. The second kappa shape index (κ2) is 14.6. The normalized spacial score (nSPS) is 22.0. The van der Waals surface area contributed by atoms with Crippen molar-refractivity contribution < 1.29 is 18.0 Å². The molecule has 3 aromatic rings. The van der Waals surface area contributed by atoms with Crippen LogP contribution >= 0.6 is 0 Å². The van der Waals surface area contributed by atoms with Crippen LogP contribution in [0, 0.1) is 0 Å². The third kappa shape index (κ3) is 8.41. The Morgan fingerprint density at radius 1 is 0.679 bits per heavy atom. The lowest BCUT2D eigenvalue weighted by Crippen LogP contribution is -2.55. The summed E-state index contributed by atoms with van der Waals surface area (Å²) in [4.78, 5) is 30.9. The number of aromatic nitrogens is 2. The zero-order valence-electron chi connectivity index (χ0n) is 35.1. The topological polar surface area (TPSA) is 91.8 Å². The first-order valence-corrected chi connectivity index (χ1v) is 28.1. The van der Waals surface area contributed by atoms with Gasteiger partial charge in [0.2, 0.25) is 0 Å². The predicted molar refractivity (Wildman–Crippen MR) is 224 cm³/mol. The lowest BCUT2D eigenvalue weighted by molar-refractivity contribution is -0.0511. The van der Waals surface area contributed by atoms with Gasteiger partial charge in [-0.25, -0.2) is 4.79 Å². The van der Waals surface area contributed by atoms with E-state index in [-0.39, 0.29) is 21.0 Å². The lowest BCUT2D eigenvalue weighted by atomic mass is 9.84. The van der Waals surface area contributed by atoms with Crippen molar-refractivity contribution in [2.24, 2.45) is 0 Å². The van der Waals surface area contributed by atoms with Crippen LogP contribution in [0.5, 0.6) is 0 Å². The number of aromatic amines is 1. The maximum Gasteiger partial charge on any atom is 0.330 e. The number of hydrogen-bond donors (Lipinski definition) is 1. The largest absolute Gasteiger partial charge is 0.414 e. The van der Waals surface area contributed by atoms with E-state index in [0.29, 0.717) is 12.2 Å². The van der Waals surface area contributed by atoms with Crippen molar-refractivity contribution in [3.05, 3.63) is 103 Å². The third-order valence-electron chi connectivity index (χ3n) is 13.2. The highest BCUT2D eigenvalue weighted by Gasteiger charge is 2.55. The molecule has 0 unspecified atom stereocenters. The Hall–Kier alpha value is -2.39. The second-order valence-electron chi connectivity index (χ2n) is 19.9. The van der Waals surface area contributed by atoms with Crippen LogP contribution in [0.2, 0.25) is 54.4 Å². The first kappa shape index (κ1) is 41.8. The molecule has 4 atom stereocenters. The van der Waals surface area contributed by atoms with Gasteiger partial charge in [-0.2, -0.15) is 0 Å². The average Bonchev–Trinajstić information content (AvgIpc) is 3.24. The van der Waals surface area contributed by atoms with Gasteiger partial charge in [0.1, 0.15) is 18.3 Å². The Morgan fingerprint density at radius 3 is 1.60 bits per heavy atom. The summed E-state index contributed by atoms with van der Waals surface area (Å²) in [6.45, 7) is 33.8. The van der Waals surface area contributed by atoms with Crippen molar-refractivity contribution >= 4 is 25.0 Å². The molecule has 0 radical (unpaired) electrons. The molecule has 0 spiro atoms. The Morgan fingerprint density at radius 2 is 1.13 bits per heavy atom. The highest BCUT2D eigenvalue weighted by atomic mass is 28.4. The van der Waals surface area contributed by atoms with E-state index < -0.39 is 60.7 Å². The maximum absolute atomic E-state index is 14.2. The molecule has 5 rings (SSSR count). The van der Waals surface area contributed by atoms with Crippen molar-refractivity contribution in [1.29, 1.82) is 0 Å². The van der Waals surface area contributed by atoms with Gasteiger partial charge >= 0.3 is 5.69 Å². The summed E-state index contributed by atoms with van der Waals surface area (Å²) in [6.07, 6.45) is 1.02. The highest BCUT2D eigenvalue weighted by molar-refractivity contribution is 6.75. The number of benzene rings is 2. The molecular formula is C42H66N2O6Si3. The molecule has 2 heterocycles. The van der Waals surface area contributed by atoms with Crippen LogP contribution in [0.3, 0.4) is 0 Å². The number of ether oxygens (including phenoxy) is 1. The monoisotopic (exact) mass is 778 g/mol. The average molecular weight is 779 g/mol. The zero-order chi connectivity index (χ0) is 39.5. The Bertz CT molecular complexity index is 1850. The van der Waals surface area contributed by atoms with Crippen LogP contribution in [-0.4, -0.2) is 59.4 Å². The minimum Gasteiger partial charge on any atom is -0.414 e. The van der Waals surface area contributed by atoms with Crippen LogP contribution < -0.4 is 11.2 Å². The van der Waals surface area contributed by atoms with Gasteiger partial charge in [-0.15, -0.1) is 0 Å². The van der Waals surface area contributed by atoms with E-state index in [1.165, 1.54) is 11.1 Å². The lowest BCUT2D eigenvalue weighted by Gasteiger charge is -2.44. The maximum atomic E-state index is 14.2. The molecule has 0 bridgehead atoms. The minimum absolute atomic E-state index is 0.00607. The number of hydrogen-bond acceptors (Lipinski definition) is 6. The molecule has 0 saturated carbocycles. The number of nitrogens with zero attached hydrogens (tertiary/aromatic N) is 1. The van der Waals surface area contributed by atoms with Crippen LogP contribution in [0.15, 0.2) is 64.3 Å². The molecule has 1 aliphatic heterocycles. The molecule has 1 saturated heterocycles. The van der Waals surface area contributed by atoms with Gasteiger partial charge in [-0.1, -0.05) is 111 Å². The Labute approximate surface area is 321 Å². The zero-order valence-corrected chi connectivity index (χ0v) is 38.1. The molecule has 2 aromatic carbocycles. The summed E-state index contributed by atoms with van der Waals surface area (Å²) >= 11 is 0. The van der Waals surface area contributed by atoms with Crippen molar-refractivity contribution in [2.75, 3.05) is 6.61 Å². The van der Waals surface area contributed by atoms with E-state index in [0.717, 1.165) is 24.0 Å². The molecule has 1 aromatic heterocycles. The summed E-state index contributed by atoms with van der Waals surface area (Å²) in [5.41, 5.74) is 4.14. The first-order valence-electron chi connectivity index (χ1n) is 19.4. The summed E-state index contributed by atoms with van der Waals surface area (Å²) < 4.78 is 30.2. The smallest absolute Gasteiger partial charge is 0.330 e. The molecule has 0 amide bonds. The van der Waals surface area contributed by atoms with Crippen LogP contribution in [0.1, 0.15) is 102 Å². The molecule has 53 heavy (non-hydrogen) atoms. The van der Waals surface area contributed by atoms with Gasteiger partial charge in [0, 0.05) is 17.7 Å². The van der Waals surface area contributed by atoms with Crippen LogP contribution in [-0.2, 0) is 30.9 Å². The number of fused-ring (bicyclic) bond motifs is 2. The van der Waals surface area contributed by atoms with E-state index in [2.05, 4.69) is 143 Å². The van der Waals surface area contributed by atoms with Gasteiger partial charge in [-0.05, 0) is 89.5 Å². The van der Waals surface area contributed by atoms with Crippen LogP contribution in [0.4, 0.5) is 0 Å². The molecule has 11 heteroatoms. The van der Waals surface area contributed by atoms with E-state index in [4.69, 9.17) is 18.0 Å². The summed E-state index contributed by atoms with van der Waals surface area (Å²) in [7, 11) is -7.05. The van der Waals surface area contributed by atoms with Crippen molar-refractivity contribution in [2.45, 2.75) is 160 Å². The van der Waals surface area contributed by atoms with Gasteiger partial charge in [0.05, 0.1) is 6.61 Å². The van der Waals surface area contributed by atoms with E-state index >= 15 is 0 Å². The molecule has 292 valence electrons. The second-order valence-corrected chi connectivity index (χ2v) is 34.2.